The molecule has 1 aromatic heterocycles. The fourth-order valence-corrected chi connectivity index (χ4v) is 2.86. The highest BCUT2D eigenvalue weighted by molar-refractivity contribution is 6.33. The molecule has 1 amide bonds. The van der Waals surface area contributed by atoms with E-state index in [-0.39, 0.29) is 5.91 Å². The maximum atomic E-state index is 12.3. The third-order valence-corrected chi connectivity index (χ3v) is 4.44. The van der Waals surface area contributed by atoms with E-state index in [1.54, 1.807) is 50.6 Å². The van der Waals surface area contributed by atoms with Gasteiger partial charge in [0, 0.05) is 12.6 Å². The number of amides is 1. The van der Waals surface area contributed by atoms with Crippen LogP contribution in [0.5, 0.6) is 11.5 Å². The van der Waals surface area contributed by atoms with Crippen molar-refractivity contribution < 1.29 is 14.3 Å². The van der Waals surface area contributed by atoms with Gasteiger partial charge in [-0.2, -0.15) is 4.98 Å². The Hall–Kier alpha value is -3.52. The second-order valence-electron chi connectivity index (χ2n) is 6.11. The molecule has 8 nitrogen and oxygen atoms in total. The van der Waals surface area contributed by atoms with Crippen molar-refractivity contribution in [3.8, 4) is 11.5 Å². The van der Waals surface area contributed by atoms with Gasteiger partial charge in [0.15, 0.2) is 5.82 Å². The molecule has 0 saturated heterocycles. The Morgan fingerprint density at radius 2 is 1.87 bits per heavy atom. The molecule has 0 aliphatic rings. The van der Waals surface area contributed by atoms with Crippen LogP contribution in [-0.2, 0) is 0 Å². The highest BCUT2D eigenvalue weighted by Crippen LogP contribution is 2.32. The van der Waals surface area contributed by atoms with Gasteiger partial charge in [-0.15, -0.1) is 0 Å². The third-order valence-electron chi connectivity index (χ3n) is 4.16. The first-order valence-electron chi connectivity index (χ1n) is 9.21. The van der Waals surface area contributed by atoms with E-state index in [0.29, 0.717) is 51.8 Å². The van der Waals surface area contributed by atoms with Crippen LogP contribution in [0.1, 0.15) is 17.3 Å². The third kappa shape index (κ3) is 4.90. The molecular formula is C21H22ClN5O3. The minimum atomic E-state index is -0.190. The van der Waals surface area contributed by atoms with E-state index in [9.17, 15) is 4.79 Å². The summed E-state index contributed by atoms with van der Waals surface area (Å²) >= 11 is 6.29. The molecule has 0 spiro atoms. The molecule has 156 valence electrons. The molecular weight excluding hydrogens is 406 g/mol. The number of rotatable bonds is 8. The summed E-state index contributed by atoms with van der Waals surface area (Å²) in [7, 11) is 3.15. The van der Waals surface area contributed by atoms with Crippen LogP contribution in [0.15, 0.2) is 48.7 Å². The van der Waals surface area contributed by atoms with E-state index in [0.717, 1.165) is 0 Å². The SMILES string of the molecule is CCNC(=O)c1ccccc1Nc1nc(Nc2cc(OC)ccc2OC)ncc1Cl. The second-order valence-corrected chi connectivity index (χ2v) is 6.52. The summed E-state index contributed by atoms with van der Waals surface area (Å²) in [6, 6.07) is 12.5. The van der Waals surface area contributed by atoms with Gasteiger partial charge in [-0.25, -0.2) is 4.98 Å². The number of carbonyl (C=O) groups excluding carboxylic acids is 1. The molecule has 0 aliphatic heterocycles. The number of ether oxygens (including phenoxy) is 2. The number of carbonyl (C=O) groups is 1. The zero-order valence-corrected chi connectivity index (χ0v) is 17.6. The molecule has 0 fully saturated rings. The van der Waals surface area contributed by atoms with Crippen LogP contribution >= 0.6 is 11.6 Å². The van der Waals surface area contributed by atoms with Gasteiger partial charge in [0.2, 0.25) is 5.95 Å². The molecule has 3 rings (SSSR count). The van der Waals surface area contributed by atoms with Crippen molar-refractivity contribution in [1.29, 1.82) is 0 Å². The van der Waals surface area contributed by atoms with E-state index in [1.807, 2.05) is 13.0 Å². The molecule has 30 heavy (non-hydrogen) atoms. The van der Waals surface area contributed by atoms with Crippen LogP contribution in [-0.4, -0.2) is 36.6 Å². The Balaban J connectivity index is 1.90. The largest absolute Gasteiger partial charge is 0.497 e. The molecule has 2 aromatic carbocycles. The number of nitrogens with one attached hydrogen (secondary N) is 3. The van der Waals surface area contributed by atoms with Crippen molar-refractivity contribution in [2.45, 2.75) is 6.92 Å². The molecule has 0 unspecified atom stereocenters. The van der Waals surface area contributed by atoms with Crippen LogP contribution in [0.3, 0.4) is 0 Å². The van der Waals surface area contributed by atoms with Gasteiger partial charge >= 0.3 is 0 Å². The van der Waals surface area contributed by atoms with Crippen molar-refractivity contribution in [3.63, 3.8) is 0 Å². The number of methoxy groups -OCH3 is 2. The number of para-hydroxylation sites is 1. The predicted molar refractivity (Wildman–Crippen MR) is 118 cm³/mol. The summed E-state index contributed by atoms with van der Waals surface area (Å²) in [4.78, 5) is 21.0. The lowest BCUT2D eigenvalue weighted by Crippen LogP contribution is -2.23. The Labute approximate surface area is 179 Å². The van der Waals surface area contributed by atoms with Crippen molar-refractivity contribution in [1.82, 2.24) is 15.3 Å². The number of anilines is 4. The average molecular weight is 428 g/mol. The monoisotopic (exact) mass is 427 g/mol. The lowest BCUT2D eigenvalue weighted by atomic mass is 10.1. The van der Waals surface area contributed by atoms with Crippen LogP contribution in [0.2, 0.25) is 5.02 Å². The maximum absolute atomic E-state index is 12.3. The molecule has 9 heteroatoms. The number of halogens is 1. The molecule has 0 saturated carbocycles. The van der Waals surface area contributed by atoms with Gasteiger partial charge in [-0.05, 0) is 31.2 Å². The molecule has 1 heterocycles. The standard InChI is InChI=1S/C21H22ClN5O3/c1-4-23-20(28)14-7-5-6-8-16(14)25-19-15(22)12-24-21(27-19)26-17-11-13(29-2)9-10-18(17)30-3/h5-12H,4H2,1-3H3,(H,23,28)(H2,24,25,26,27). The average Bonchev–Trinajstić information content (AvgIpc) is 2.76. The number of benzene rings is 2. The van der Waals surface area contributed by atoms with E-state index in [4.69, 9.17) is 21.1 Å². The van der Waals surface area contributed by atoms with Crippen LogP contribution in [0.4, 0.5) is 23.1 Å². The molecule has 0 bridgehead atoms. The van der Waals surface area contributed by atoms with E-state index >= 15 is 0 Å². The molecule has 0 atom stereocenters. The normalized spacial score (nSPS) is 10.3. The van der Waals surface area contributed by atoms with Crippen LogP contribution < -0.4 is 25.4 Å². The van der Waals surface area contributed by atoms with Gasteiger partial charge in [0.05, 0.1) is 37.4 Å². The highest BCUT2D eigenvalue weighted by atomic mass is 35.5. The molecule has 0 aliphatic carbocycles. The van der Waals surface area contributed by atoms with E-state index in [2.05, 4.69) is 25.9 Å². The smallest absolute Gasteiger partial charge is 0.253 e. The summed E-state index contributed by atoms with van der Waals surface area (Å²) in [5.41, 5.74) is 1.69. The van der Waals surface area contributed by atoms with Crippen molar-refractivity contribution in [2.24, 2.45) is 0 Å². The Morgan fingerprint density at radius 1 is 1.07 bits per heavy atom. The highest BCUT2D eigenvalue weighted by Gasteiger charge is 2.14. The lowest BCUT2D eigenvalue weighted by Gasteiger charge is -2.14. The van der Waals surface area contributed by atoms with Gasteiger partial charge in [0.1, 0.15) is 16.5 Å². The number of nitrogens with zero attached hydrogens (tertiary/aromatic N) is 2. The molecule has 0 radical (unpaired) electrons. The number of aromatic nitrogens is 2. The number of hydrogen-bond acceptors (Lipinski definition) is 7. The minimum absolute atomic E-state index is 0.190. The first-order valence-corrected chi connectivity index (χ1v) is 9.59. The Morgan fingerprint density at radius 3 is 2.60 bits per heavy atom. The maximum Gasteiger partial charge on any atom is 0.253 e. The molecule has 3 N–H and O–H groups in total. The first kappa shape index (κ1) is 21.2. The minimum Gasteiger partial charge on any atom is -0.497 e. The van der Waals surface area contributed by atoms with Gasteiger partial charge < -0.3 is 25.4 Å². The summed E-state index contributed by atoms with van der Waals surface area (Å²) in [6.07, 6.45) is 1.47. The topological polar surface area (TPSA) is 97.4 Å². The van der Waals surface area contributed by atoms with E-state index in [1.165, 1.54) is 6.20 Å². The Bertz CT molecular complexity index is 1040. The van der Waals surface area contributed by atoms with Crippen LogP contribution in [0.25, 0.3) is 0 Å². The van der Waals surface area contributed by atoms with Gasteiger partial charge in [0.25, 0.3) is 5.91 Å². The van der Waals surface area contributed by atoms with Gasteiger partial charge in [-0.1, -0.05) is 23.7 Å². The summed E-state index contributed by atoms with van der Waals surface area (Å²) in [5, 5.41) is 9.32. The summed E-state index contributed by atoms with van der Waals surface area (Å²) in [5.74, 6) is 1.72. The molecule has 3 aromatic rings. The Kier molecular flexibility index (Phi) is 6.92. The number of hydrogen-bond donors (Lipinski definition) is 3. The quantitative estimate of drug-likeness (QED) is 0.490. The summed E-state index contributed by atoms with van der Waals surface area (Å²) in [6.45, 7) is 2.39. The van der Waals surface area contributed by atoms with Crippen molar-refractivity contribution in [2.75, 3.05) is 31.4 Å². The summed E-state index contributed by atoms with van der Waals surface area (Å²) < 4.78 is 10.6. The van der Waals surface area contributed by atoms with Gasteiger partial charge in [-0.3, -0.25) is 4.79 Å². The fraction of sp³-hybridized carbons (Fsp3) is 0.190. The van der Waals surface area contributed by atoms with Crippen molar-refractivity contribution in [3.05, 3.63) is 59.2 Å². The fourth-order valence-electron chi connectivity index (χ4n) is 2.72. The first-order chi connectivity index (χ1) is 14.5. The lowest BCUT2D eigenvalue weighted by molar-refractivity contribution is 0.0956. The predicted octanol–water partition coefficient (Wildman–Crippen LogP) is 4.38. The second kappa shape index (κ2) is 9.80. The zero-order chi connectivity index (χ0) is 21.5. The van der Waals surface area contributed by atoms with Crippen molar-refractivity contribution >= 4 is 40.6 Å². The zero-order valence-electron chi connectivity index (χ0n) is 16.8. The van der Waals surface area contributed by atoms with E-state index < -0.39 is 0 Å². The van der Waals surface area contributed by atoms with Crippen LogP contribution in [0, 0.1) is 0 Å².